The van der Waals surface area contributed by atoms with Crippen molar-refractivity contribution in [1.82, 2.24) is 4.57 Å². The van der Waals surface area contributed by atoms with Crippen LogP contribution in [0.25, 0.3) is 11.8 Å². The molecular formula is C17H14N2O3. The quantitative estimate of drug-likeness (QED) is 0.649. The number of hydrogen-bond donors (Lipinski definition) is 1. The number of amides is 1. The number of cyclic esters (lactones) is 1. The molecule has 1 aromatic carbocycles. The van der Waals surface area contributed by atoms with Crippen LogP contribution in [0.2, 0.25) is 0 Å². The minimum Gasteiger partial charge on any atom is -0.462 e. The minimum atomic E-state index is -0.300. The van der Waals surface area contributed by atoms with E-state index in [0.717, 1.165) is 22.4 Å². The highest BCUT2D eigenvalue weighted by atomic mass is 16.5. The molecule has 0 saturated heterocycles. The van der Waals surface area contributed by atoms with Gasteiger partial charge in [-0.1, -0.05) is 12.1 Å². The molecule has 1 amide bonds. The van der Waals surface area contributed by atoms with E-state index in [0.29, 0.717) is 24.2 Å². The summed E-state index contributed by atoms with van der Waals surface area (Å²) >= 11 is 0. The van der Waals surface area contributed by atoms with Gasteiger partial charge in [-0.3, -0.25) is 4.79 Å². The fraction of sp³-hybridized carbons (Fsp3) is 0.176. The molecule has 0 bridgehead atoms. The zero-order valence-electron chi connectivity index (χ0n) is 12.1. The van der Waals surface area contributed by atoms with E-state index in [1.807, 2.05) is 31.3 Å². The Morgan fingerprint density at radius 2 is 2.14 bits per heavy atom. The molecule has 22 heavy (non-hydrogen) atoms. The number of benzene rings is 1. The molecule has 2 aliphatic heterocycles. The van der Waals surface area contributed by atoms with Crippen LogP contribution in [0.1, 0.15) is 27.0 Å². The van der Waals surface area contributed by atoms with Gasteiger partial charge in [0.05, 0.1) is 17.7 Å². The molecule has 0 saturated carbocycles. The first-order chi connectivity index (χ1) is 10.6. The van der Waals surface area contributed by atoms with E-state index in [4.69, 9.17) is 4.74 Å². The third-order valence-electron chi connectivity index (χ3n) is 4.07. The minimum absolute atomic E-state index is 0.126. The molecule has 5 heteroatoms. The Morgan fingerprint density at radius 3 is 2.95 bits per heavy atom. The van der Waals surface area contributed by atoms with Crippen LogP contribution in [0, 0.1) is 6.92 Å². The summed E-state index contributed by atoms with van der Waals surface area (Å²) in [6.07, 6.45) is 6.07. The highest BCUT2D eigenvalue weighted by Crippen LogP contribution is 2.34. The molecule has 0 unspecified atom stereocenters. The van der Waals surface area contributed by atoms with Crippen molar-refractivity contribution in [3.05, 3.63) is 52.8 Å². The first kappa shape index (κ1) is 12.9. The molecule has 0 radical (unpaired) electrons. The Bertz CT molecular complexity index is 846. The van der Waals surface area contributed by atoms with E-state index in [1.165, 1.54) is 0 Å². The Labute approximate surface area is 127 Å². The van der Waals surface area contributed by atoms with Gasteiger partial charge in [-0.25, -0.2) is 4.79 Å². The molecule has 5 nitrogen and oxygen atoms in total. The summed E-state index contributed by atoms with van der Waals surface area (Å²) in [5, 5.41) is 2.87. The van der Waals surface area contributed by atoms with Crippen molar-refractivity contribution in [3.8, 4) is 0 Å². The van der Waals surface area contributed by atoms with Gasteiger partial charge in [0.2, 0.25) is 0 Å². The van der Waals surface area contributed by atoms with E-state index < -0.39 is 0 Å². The van der Waals surface area contributed by atoms with Gasteiger partial charge in [0.15, 0.2) is 0 Å². The highest BCUT2D eigenvalue weighted by Gasteiger charge is 2.26. The van der Waals surface area contributed by atoms with Crippen LogP contribution in [0.5, 0.6) is 0 Å². The lowest BCUT2D eigenvalue weighted by atomic mass is 10.0. The number of fused-ring (bicyclic) bond motifs is 2. The van der Waals surface area contributed by atoms with Crippen molar-refractivity contribution in [2.45, 2.75) is 13.3 Å². The highest BCUT2D eigenvalue weighted by molar-refractivity contribution is 6.34. The van der Waals surface area contributed by atoms with Crippen molar-refractivity contribution in [3.63, 3.8) is 0 Å². The number of aromatic nitrogens is 1. The molecule has 0 spiro atoms. The summed E-state index contributed by atoms with van der Waals surface area (Å²) in [6, 6.07) is 5.78. The summed E-state index contributed by atoms with van der Waals surface area (Å²) in [6.45, 7) is 2.39. The molecule has 2 aromatic rings. The summed E-state index contributed by atoms with van der Waals surface area (Å²) in [5.41, 5.74) is 4.92. The van der Waals surface area contributed by atoms with Crippen molar-refractivity contribution in [2.75, 3.05) is 11.9 Å². The van der Waals surface area contributed by atoms with Crippen LogP contribution in [0.4, 0.5) is 5.69 Å². The fourth-order valence-electron chi connectivity index (χ4n) is 3.01. The number of carbonyl (C=O) groups excluding carboxylic acids is 2. The predicted octanol–water partition coefficient (Wildman–Crippen LogP) is 2.46. The van der Waals surface area contributed by atoms with E-state index in [2.05, 4.69) is 5.32 Å². The van der Waals surface area contributed by atoms with Gasteiger partial charge in [0.25, 0.3) is 5.91 Å². The van der Waals surface area contributed by atoms with Crippen LogP contribution in [0.3, 0.4) is 0 Å². The average Bonchev–Trinajstić information content (AvgIpc) is 3.03. The third kappa shape index (κ3) is 1.86. The van der Waals surface area contributed by atoms with E-state index in [1.54, 1.807) is 17.0 Å². The van der Waals surface area contributed by atoms with Gasteiger partial charge in [-0.05, 0) is 24.1 Å². The maximum atomic E-state index is 12.2. The number of nitrogens with zero attached hydrogens (tertiary/aromatic N) is 1. The Kier molecular flexibility index (Phi) is 2.69. The fourth-order valence-corrected chi connectivity index (χ4v) is 3.01. The number of ether oxygens (including phenoxy) is 1. The van der Waals surface area contributed by atoms with Crippen LogP contribution in [-0.2, 0) is 16.0 Å². The zero-order valence-corrected chi connectivity index (χ0v) is 12.1. The van der Waals surface area contributed by atoms with Crippen molar-refractivity contribution >= 4 is 29.3 Å². The summed E-state index contributed by atoms with van der Waals surface area (Å²) < 4.78 is 6.80. The molecule has 2 aliphatic rings. The Balaban J connectivity index is 1.82. The molecule has 0 fully saturated rings. The zero-order chi connectivity index (χ0) is 15.3. The maximum Gasteiger partial charge on any atom is 0.339 e. The number of esters is 1. The normalized spacial score (nSPS) is 18.0. The molecular weight excluding hydrogens is 280 g/mol. The number of aryl methyl sites for hydroxylation is 1. The van der Waals surface area contributed by atoms with Gasteiger partial charge in [-0.15, -0.1) is 0 Å². The Hall–Kier alpha value is -2.82. The lowest BCUT2D eigenvalue weighted by Crippen LogP contribution is -2.15. The molecule has 1 aromatic heterocycles. The monoisotopic (exact) mass is 294 g/mol. The van der Waals surface area contributed by atoms with Crippen molar-refractivity contribution in [2.24, 2.45) is 0 Å². The topological polar surface area (TPSA) is 60.3 Å². The van der Waals surface area contributed by atoms with E-state index in [9.17, 15) is 9.59 Å². The summed E-state index contributed by atoms with van der Waals surface area (Å²) in [5.74, 6) is -0.426. The largest absolute Gasteiger partial charge is 0.462 e. The predicted molar refractivity (Wildman–Crippen MR) is 82.4 cm³/mol. The van der Waals surface area contributed by atoms with Gasteiger partial charge in [0.1, 0.15) is 0 Å². The molecule has 3 heterocycles. The molecule has 0 atom stereocenters. The smallest absolute Gasteiger partial charge is 0.339 e. The van der Waals surface area contributed by atoms with Gasteiger partial charge < -0.3 is 14.6 Å². The van der Waals surface area contributed by atoms with Crippen molar-refractivity contribution < 1.29 is 14.3 Å². The van der Waals surface area contributed by atoms with Crippen LogP contribution in [0.15, 0.2) is 30.6 Å². The number of carbonyl (C=O) groups is 2. The second-order valence-corrected chi connectivity index (χ2v) is 5.52. The maximum absolute atomic E-state index is 12.2. The number of anilines is 1. The third-order valence-corrected chi connectivity index (χ3v) is 4.07. The second-order valence-electron chi connectivity index (χ2n) is 5.52. The molecule has 110 valence electrons. The van der Waals surface area contributed by atoms with Gasteiger partial charge in [-0.2, -0.15) is 0 Å². The molecule has 4 rings (SSSR count). The lowest BCUT2D eigenvalue weighted by Gasteiger charge is -2.09. The summed E-state index contributed by atoms with van der Waals surface area (Å²) in [4.78, 5) is 23.9. The second kappa shape index (κ2) is 4.59. The number of hydrogen-bond acceptors (Lipinski definition) is 3. The van der Waals surface area contributed by atoms with Crippen molar-refractivity contribution in [1.29, 1.82) is 0 Å². The van der Waals surface area contributed by atoms with Crippen LogP contribution in [-0.4, -0.2) is 23.1 Å². The van der Waals surface area contributed by atoms with Gasteiger partial charge >= 0.3 is 5.97 Å². The summed E-state index contributed by atoms with van der Waals surface area (Å²) in [7, 11) is 0. The molecule has 0 aliphatic carbocycles. The average molecular weight is 294 g/mol. The number of nitrogens with one attached hydrogen (secondary N) is 1. The van der Waals surface area contributed by atoms with Crippen LogP contribution < -0.4 is 5.32 Å². The van der Waals surface area contributed by atoms with Crippen LogP contribution >= 0.6 is 0 Å². The SMILES string of the molecule is Cc1cccc2c1C(=Cn1cc3c(c1)C(=O)OCC3)C(=O)N2. The standard InChI is InChI=1S/C17H14N2O3/c1-10-3-2-4-14-15(10)13(16(20)18-14)9-19-7-11-5-6-22-17(21)12(11)8-19/h2-4,7-9H,5-6H2,1H3,(H,18,20). The first-order valence-electron chi connectivity index (χ1n) is 7.14. The first-order valence-corrected chi connectivity index (χ1v) is 7.14. The lowest BCUT2D eigenvalue weighted by molar-refractivity contribution is -0.110. The van der Waals surface area contributed by atoms with E-state index in [-0.39, 0.29) is 11.9 Å². The molecule has 1 N–H and O–H groups in total. The Morgan fingerprint density at radius 1 is 1.27 bits per heavy atom. The number of rotatable bonds is 1. The van der Waals surface area contributed by atoms with E-state index >= 15 is 0 Å². The van der Waals surface area contributed by atoms with Gasteiger partial charge in [0, 0.05) is 36.3 Å².